The molecular weight excluding hydrogens is 304 g/mol. The van der Waals surface area contributed by atoms with Gasteiger partial charge in [-0.1, -0.05) is 19.1 Å². The van der Waals surface area contributed by atoms with E-state index < -0.39 is 0 Å². The smallest absolute Gasteiger partial charge is 0.224 e. The minimum absolute atomic E-state index is 0.0541. The van der Waals surface area contributed by atoms with Gasteiger partial charge in [-0.2, -0.15) is 0 Å². The highest BCUT2D eigenvalue weighted by Gasteiger charge is 2.18. The first-order valence-corrected chi connectivity index (χ1v) is 8.72. The zero-order valence-electron chi connectivity index (χ0n) is 14.5. The molecule has 2 heterocycles. The number of nitrogens with zero attached hydrogens (tertiary/aromatic N) is 1. The number of fused-ring (bicyclic) bond motifs is 1. The number of morpholine rings is 1. The molecule has 0 saturated carbocycles. The molecule has 0 unspecified atom stereocenters. The summed E-state index contributed by atoms with van der Waals surface area (Å²) in [4.78, 5) is 14.8. The lowest BCUT2D eigenvalue weighted by atomic mass is 10.1. The molecule has 1 aliphatic heterocycles. The average Bonchev–Trinajstić information content (AvgIpc) is 2.97. The lowest BCUT2D eigenvalue weighted by Gasteiger charge is -2.30. The van der Waals surface area contributed by atoms with Gasteiger partial charge in [0.25, 0.3) is 0 Å². The lowest BCUT2D eigenvalue weighted by molar-refractivity contribution is -0.121. The van der Waals surface area contributed by atoms with Crippen molar-refractivity contribution < 1.29 is 13.9 Å². The van der Waals surface area contributed by atoms with E-state index in [9.17, 15) is 4.79 Å². The first-order valence-electron chi connectivity index (χ1n) is 8.72. The summed E-state index contributed by atoms with van der Waals surface area (Å²) in [6.07, 6.45) is 2.98. The summed E-state index contributed by atoms with van der Waals surface area (Å²) in [5, 5.41) is 4.19. The van der Waals surface area contributed by atoms with E-state index in [2.05, 4.69) is 17.1 Å². The number of aryl methyl sites for hydroxylation is 1. The summed E-state index contributed by atoms with van der Waals surface area (Å²) in [6, 6.07) is 6.26. The summed E-state index contributed by atoms with van der Waals surface area (Å²) in [5.41, 5.74) is 2.95. The van der Waals surface area contributed by atoms with E-state index in [0.29, 0.717) is 6.42 Å². The van der Waals surface area contributed by atoms with Crippen LogP contribution in [0.2, 0.25) is 0 Å². The Bertz CT molecular complexity index is 689. The van der Waals surface area contributed by atoms with E-state index in [1.807, 2.05) is 25.1 Å². The maximum Gasteiger partial charge on any atom is 0.224 e. The molecule has 1 fully saturated rings. The van der Waals surface area contributed by atoms with E-state index in [1.54, 1.807) is 6.26 Å². The summed E-state index contributed by atoms with van der Waals surface area (Å²) >= 11 is 0. The van der Waals surface area contributed by atoms with Crippen molar-refractivity contribution in [1.29, 1.82) is 0 Å². The molecule has 0 bridgehead atoms. The normalized spacial score (nSPS) is 17.1. The van der Waals surface area contributed by atoms with Crippen molar-refractivity contribution in [2.45, 2.75) is 32.7 Å². The van der Waals surface area contributed by atoms with Crippen LogP contribution in [0, 0.1) is 6.92 Å². The van der Waals surface area contributed by atoms with Crippen molar-refractivity contribution in [3.63, 3.8) is 0 Å². The van der Waals surface area contributed by atoms with Crippen molar-refractivity contribution in [1.82, 2.24) is 10.2 Å². The topological polar surface area (TPSA) is 54.7 Å². The van der Waals surface area contributed by atoms with Gasteiger partial charge in [-0.15, -0.1) is 0 Å². The minimum atomic E-state index is 0.0541. The molecule has 1 amide bonds. The van der Waals surface area contributed by atoms with Gasteiger partial charge in [-0.25, -0.2) is 0 Å². The summed E-state index contributed by atoms with van der Waals surface area (Å²) in [5.74, 6) is 0.0541. The number of benzene rings is 1. The molecule has 3 rings (SSSR count). The Hall–Kier alpha value is -1.85. The van der Waals surface area contributed by atoms with Crippen molar-refractivity contribution in [2.24, 2.45) is 0 Å². The van der Waals surface area contributed by atoms with Crippen LogP contribution in [0.25, 0.3) is 11.0 Å². The van der Waals surface area contributed by atoms with Gasteiger partial charge in [-0.3, -0.25) is 9.69 Å². The number of amides is 1. The standard InChI is InChI=1S/C19H26N2O3/c1-3-16(12-21-6-8-23-9-7-21)20-19(22)11-15-13-24-18-10-14(2)4-5-17(15)18/h4-5,10,13,16H,3,6-9,11-12H2,1-2H3,(H,20,22)/t16-/m1/s1. The molecule has 2 aromatic rings. The van der Waals surface area contributed by atoms with E-state index in [-0.39, 0.29) is 11.9 Å². The Morgan fingerprint density at radius 1 is 1.33 bits per heavy atom. The molecule has 5 heteroatoms. The number of ether oxygens (including phenoxy) is 1. The van der Waals surface area contributed by atoms with Gasteiger partial charge in [0.05, 0.1) is 25.9 Å². The summed E-state index contributed by atoms with van der Waals surface area (Å²) < 4.78 is 11.0. The second-order valence-corrected chi connectivity index (χ2v) is 6.52. The quantitative estimate of drug-likeness (QED) is 0.884. The zero-order valence-corrected chi connectivity index (χ0v) is 14.5. The van der Waals surface area contributed by atoms with Crippen LogP contribution in [0.3, 0.4) is 0 Å². The van der Waals surface area contributed by atoms with Gasteiger partial charge in [0.1, 0.15) is 5.58 Å². The van der Waals surface area contributed by atoms with E-state index in [1.165, 1.54) is 0 Å². The maximum atomic E-state index is 12.4. The van der Waals surface area contributed by atoms with Gasteiger partial charge in [-0.05, 0) is 25.0 Å². The molecule has 1 atom stereocenters. The van der Waals surface area contributed by atoms with Gasteiger partial charge in [0.2, 0.25) is 5.91 Å². The number of rotatable bonds is 6. The SMILES string of the molecule is CC[C@H](CN1CCOCC1)NC(=O)Cc1coc2cc(C)ccc12. The Balaban J connectivity index is 1.58. The molecule has 1 aliphatic rings. The highest BCUT2D eigenvalue weighted by molar-refractivity contribution is 5.88. The third-order valence-electron chi connectivity index (χ3n) is 4.60. The van der Waals surface area contributed by atoms with Crippen LogP contribution in [0.4, 0.5) is 0 Å². The van der Waals surface area contributed by atoms with E-state index in [4.69, 9.17) is 9.15 Å². The number of hydrogen-bond acceptors (Lipinski definition) is 4. The predicted octanol–water partition coefficient (Wildman–Crippen LogP) is 2.51. The minimum Gasteiger partial charge on any atom is -0.464 e. The molecule has 1 saturated heterocycles. The fourth-order valence-corrected chi connectivity index (χ4v) is 3.15. The first kappa shape index (κ1) is 17.0. The largest absolute Gasteiger partial charge is 0.464 e. The monoisotopic (exact) mass is 330 g/mol. The fraction of sp³-hybridized carbons (Fsp3) is 0.526. The van der Waals surface area contributed by atoms with Crippen LogP contribution < -0.4 is 5.32 Å². The summed E-state index contributed by atoms with van der Waals surface area (Å²) in [7, 11) is 0. The highest BCUT2D eigenvalue weighted by Crippen LogP contribution is 2.22. The van der Waals surface area contributed by atoms with Crippen molar-refractivity contribution in [3.8, 4) is 0 Å². The molecule has 130 valence electrons. The molecule has 0 spiro atoms. The molecule has 5 nitrogen and oxygen atoms in total. The van der Waals surface area contributed by atoms with Crippen LogP contribution in [0.15, 0.2) is 28.9 Å². The Labute approximate surface area is 143 Å². The number of carbonyl (C=O) groups excluding carboxylic acids is 1. The molecule has 1 aromatic heterocycles. The molecule has 1 aromatic carbocycles. The van der Waals surface area contributed by atoms with Crippen molar-refractivity contribution in [2.75, 3.05) is 32.8 Å². The molecule has 0 radical (unpaired) electrons. The third kappa shape index (κ3) is 4.16. The number of furan rings is 1. The Kier molecular flexibility index (Phi) is 5.53. The number of nitrogens with one attached hydrogen (secondary N) is 1. The number of hydrogen-bond donors (Lipinski definition) is 1. The Morgan fingerprint density at radius 2 is 2.12 bits per heavy atom. The molecule has 1 N–H and O–H groups in total. The second kappa shape index (κ2) is 7.81. The molecular formula is C19H26N2O3. The van der Waals surface area contributed by atoms with Crippen molar-refractivity contribution in [3.05, 3.63) is 35.6 Å². The van der Waals surface area contributed by atoms with Gasteiger partial charge in [0.15, 0.2) is 0 Å². The van der Waals surface area contributed by atoms with Gasteiger partial charge >= 0.3 is 0 Å². The average molecular weight is 330 g/mol. The fourth-order valence-electron chi connectivity index (χ4n) is 3.15. The Morgan fingerprint density at radius 3 is 2.88 bits per heavy atom. The van der Waals surface area contributed by atoms with Crippen molar-refractivity contribution >= 4 is 16.9 Å². The first-order chi connectivity index (χ1) is 11.7. The van der Waals surface area contributed by atoms with Gasteiger partial charge in [0, 0.05) is 36.6 Å². The van der Waals surface area contributed by atoms with Crippen LogP contribution in [0.5, 0.6) is 0 Å². The maximum absolute atomic E-state index is 12.4. The van der Waals surface area contributed by atoms with Crippen LogP contribution in [-0.4, -0.2) is 49.7 Å². The molecule has 0 aliphatic carbocycles. The zero-order chi connectivity index (χ0) is 16.9. The second-order valence-electron chi connectivity index (χ2n) is 6.52. The predicted molar refractivity (Wildman–Crippen MR) is 94.1 cm³/mol. The van der Waals surface area contributed by atoms with Crippen LogP contribution in [-0.2, 0) is 16.0 Å². The number of carbonyl (C=O) groups is 1. The van der Waals surface area contributed by atoms with E-state index in [0.717, 1.165) is 61.4 Å². The van der Waals surface area contributed by atoms with E-state index >= 15 is 0 Å². The lowest BCUT2D eigenvalue weighted by Crippen LogP contribution is -2.47. The van der Waals surface area contributed by atoms with Gasteiger partial charge < -0.3 is 14.5 Å². The van der Waals surface area contributed by atoms with Crippen LogP contribution in [0.1, 0.15) is 24.5 Å². The molecule has 24 heavy (non-hydrogen) atoms. The highest BCUT2D eigenvalue weighted by atomic mass is 16.5. The summed E-state index contributed by atoms with van der Waals surface area (Å²) in [6.45, 7) is 8.48. The van der Waals surface area contributed by atoms with Crippen LogP contribution >= 0.6 is 0 Å². The third-order valence-corrected chi connectivity index (χ3v) is 4.60.